The highest BCUT2D eigenvalue weighted by atomic mass is 32.2. The molecule has 12 heteroatoms. The molecule has 0 bridgehead atoms. The molecule has 1 aliphatic rings. The minimum atomic E-state index is -4.07. The van der Waals surface area contributed by atoms with Crippen molar-refractivity contribution in [2.24, 2.45) is 10.7 Å². The number of sulfonamides is 1. The van der Waals surface area contributed by atoms with E-state index in [1.165, 1.54) is 6.08 Å². The van der Waals surface area contributed by atoms with E-state index >= 15 is 0 Å². The molecule has 1 heterocycles. The van der Waals surface area contributed by atoms with Crippen molar-refractivity contribution in [1.29, 1.82) is 0 Å². The Morgan fingerprint density at radius 3 is 2.56 bits per heavy atom. The number of guanidine groups is 1. The van der Waals surface area contributed by atoms with Crippen LogP contribution in [0.3, 0.4) is 0 Å². The molecule has 0 saturated carbocycles. The number of carbonyl (C=O) groups is 2. The smallest absolute Gasteiger partial charge is 0.408 e. The minimum absolute atomic E-state index is 0.0347. The second-order valence-electron chi connectivity index (χ2n) is 8.92. The van der Waals surface area contributed by atoms with Crippen LogP contribution >= 0.6 is 0 Å². The van der Waals surface area contributed by atoms with E-state index in [0.29, 0.717) is 28.0 Å². The Labute approximate surface area is 211 Å². The molecule has 198 valence electrons. The van der Waals surface area contributed by atoms with Crippen LogP contribution in [0.2, 0.25) is 0 Å². The summed E-state index contributed by atoms with van der Waals surface area (Å²) < 4.78 is 39.5. The van der Waals surface area contributed by atoms with Gasteiger partial charge >= 0.3 is 12.1 Å². The fraction of sp³-hybridized carbons (Fsp3) is 0.458. The summed E-state index contributed by atoms with van der Waals surface area (Å²) in [4.78, 5) is 27.0. The maximum absolute atomic E-state index is 13.2. The number of hydrogen-bond acceptors (Lipinski definition) is 7. The number of aliphatic carboxylic acids is 1. The van der Waals surface area contributed by atoms with Crippen LogP contribution in [0.1, 0.15) is 48.9 Å². The predicted octanol–water partition coefficient (Wildman–Crippen LogP) is 2.53. The lowest BCUT2D eigenvalue weighted by molar-refractivity contribution is -0.139. The lowest BCUT2D eigenvalue weighted by Gasteiger charge is -2.31. The van der Waals surface area contributed by atoms with Crippen LogP contribution in [0.4, 0.5) is 4.79 Å². The highest BCUT2D eigenvalue weighted by Gasteiger charge is 2.31. The number of alkyl carbamates (subject to hydrolysis) is 1. The Morgan fingerprint density at radius 2 is 1.94 bits per heavy atom. The first-order valence-corrected chi connectivity index (χ1v) is 12.8. The Hall–Kier alpha value is -3.54. The summed E-state index contributed by atoms with van der Waals surface area (Å²) in [6.45, 7) is 12.4. The number of aliphatic imine (C=N–C) groups is 1. The van der Waals surface area contributed by atoms with Gasteiger partial charge in [0.05, 0.1) is 4.90 Å². The molecular formula is C24H34N4O7S. The quantitative estimate of drug-likeness (QED) is 0.157. The molecule has 1 amide bonds. The first-order chi connectivity index (χ1) is 16.7. The molecule has 1 atom stereocenters. The van der Waals surface area contributed by atoms with E-state index in [-0.39, 0.29) is 36.8 Å². The number of carboxylic acids is 1. The molecule has 2 rings (SSSR count). The van der Waals surface area contributed by atoms with Gasteiger partial charge in [-0.2, -0.15) is 0 Å². The van der Waals surface area contributed by atoms with Crippen LogP contribution in [-0.4, -0.2) is 56.3 Å². The molecule has 11 nitrogen and oxygen atoms in total. The summed E-state index contributed by atoms with van der Waals surface area (Å²) in [6, 6.07) is -1.19. The van der Waals surface area contributed by atoms with Crippen LogP contribution in [0.5, 0.6) is 5.75 Å². The highest BCUT2D eigenvalue weighted by molar-refractivity contribution is 7.90. The third-order valence-corrected chi connectivity index (χ3v) is 7.24. The maximum atomic E-state index is 13.2. The molecule has 0 fully saturated rings. The Bertz CT molecular complexity index is 1200. The van der Waals surface area contributed by atoms with Crippen LogP contribution < -0.4 is 20.5 Å². The monoisotopic (exact) mass is 522 g/mol. The van der Waals surface area contributed by atoms with E-state index in [2.05, 4.69) is 21.6 Å². The number of nitrogens with zero attached hydrogens (tertiary/aromatic N) is 1. The molecule has 0 saturated heterocycles. The summed E-state index contributed by atoms with van der Waals surface area (Å²) in [5.41, 5.74) is 7.78. The van der Waals surface area contributed by atoms with Crippen LogP contribution in [0.25, 0.3) is 6.08 Å². The van der Waals surface area contributed by atoms with E-state index in [1.54, 1.807) is 20.8 Å². The van der Waals surface area contributed by atoms with Crippen molar-refractivity contribution in [2.45, 2.75) is 64.0 Å². The number of carbonyl (C=O) groups excluding carboxylic acids is 1. The first kappa shape index (κ1) is 28.7. The summed E-state index contributed by atoms with van der Waals surface area (Å²) in [6.07, 6.45) is 4.45. The number of amides is 1. The van der Waals surface area contributed by atoms with Crippen LogP contribution in [-0.2, 0) is 19.6 Å². The number of benzene rings is 1. The van der Waals surface area contributed by atoms with Crippen molar-refractivity contribution < 1.29 is 32.6 Å². The fourth-order valence-corrected chi connectivity index (χ4v) is 5.24. The Kier molecular flexibility index (Phi) is 9.14. The lowest BCUT2D eigenvalue weighted by Crippen LogP contribution is -2.41. The zero-order chi connectivity index (χ0) is 27.3. The number of hydrogen-bond donors (Lipinski definition) is 4. The van der Waals surface area contributed by atoms with Gasteiger partial charge < -0.3 is 25.6 Å². The van der Waals surface area contributed by atoms with Crippen molar-refractivity contribution in [1.82, 2.24) is 10.0 Å². The van der Waals surface area contributed by atoms with Crippen molar-refractivity contribution in [3.63, 3.8) is 0 Å². The van der Waals surface area contributed by atoms with E-state index in [4.69, 9.17) is 15.2 Å². The third-order valence-electron chi connectivity index (χ3n) is 5.61. The summed E-state index contributed by atoms with van der Waals surface area (Å²) in [5, 5.41) is 11.5. The van der Waals surface area contributed by atoms with Gasteiger partial charge in [-0.05, 0) is 70.2 Å². The molecule has 36 heavy (non-hydrogen) atoms. The second kappa shape index (κ2) is 11.5. The van der Waals surface area contributed by atoms with Gasteiger partial charge in [0.15, 0.2) is 0 Å². The predicted molar refractivity (Wildman–Crippen MR) is 137 cm³/mol. The largest absolute Gasteiger partial charge is 0.483 e. The second-order valence-corrected chi connectivity index (χ2v) is 10.5. The molecule has 1 aromatic carbocycles. The van der Waals surface area contributed by atoms with Crippen molar-refractivity contribution >= 4 is 34.1 Å². The topological polar surface area (TPSA) is 169 Å². The van der Waals surface area contributed by atoms with Gasteiger partial charge in [0.25, 0.3) is 10.0 Å². The normalized spacial score (nSPS) is 15.3. The van der Waals surface area contributed by atoms with Gasteiger partial charge in [0.1, 0.15) is 24.0 Å². The molecular weight excluding hydrogens is 488 g/mol. The van der Waals surface area contributed by atoms with Crippen molar-refractivity contribution in [3.05, 3.63) is 41.0 Å². The van der Waals surface area contributed by atoms with Crippen LogP contribution in [0.15, 0.2) is 28.6 Å². The molecule has 0 aliphatic carbocycles. The standard InChI is InChI=1S/C24H34N4O7S/c1-7-13-34-23(31)27-18(21(29)30)9-8-12-26-22(25)28-36(32,33)20-15(3)14(2)19-17(16(20)4)10-11-24(5,6)35-19/h7,10-11,18H,1,8-9,12-13H2,2-6H3,(H,27,31)(H,29,30)(H3,25,26,28)/t18-/m0/s1. The number of rotatable bonds is 10. The number of carboxylic acid groups (broad SMARTS) is 1. The van der Waals surface area contributed by atoms with E-state index in [1.807, 2.05) is 26.0 Å². The maximum Gasteiger partial charge on any atom is 0.408 e. The average molecular weight is 523 g/mol. The molecule has 0 unspecified atom stereocenters. The molecule has 1 aromatic rings. The van der Waals surface area contributed by atoms with E-state index in [9.17, 15) is 23.1 Å². The van der Waals surface area contributed by atoms with Gasteiger partial charge in [0, 0.05) is 12.1 Å². The van der Waals surface area contributed by atoms with E-state index in [0.717, 1.165) is 0 Å². The lowest BCUT2D eigenvalue weighted by atomic mass is 9.94. The zero-order valence-electron chi connectivity index (χ0n) is 21.2. The molecule has 5 N–H and O–H groups in total. The van der Waals surface area contributed by atoms with Gasteiger partial charge in [-0.3, -0.25) is 4.99 Å². The SMILES string of the molecule is C=CCOC(=O)N[C@@H](CCCN=C(N)NS(=O)(=O)c1c(C)c(C)c2c(c1C)C=CC(C)(C)O2)C(=O)O. The Balaban J connectivity index is 2.11. The molecule has 0 spiro atoms. The van der Waals surface area contributed by atoms with Crippen molar-refractivity contribution in [2.75, 3.05) is 13.2 Å². The molecule has 1 aliphatic heterocycles. The minimum Gasteiger partial charge on any atom is -0.483 e. The summed E-state index contributed by atoms with van der Waals surface area (Å²) in [5.74, 6) is -0.922. The van der Waals surface area contributed by atoms with Crippen LogP contribution in [0, 0.1) is 20.8 Å². The first-order valence-electron chi connectivity index (χ1n) is 11.3. The zero-order valence-corrected chi connectivity index (χ0v) is 22.0. The number of fused-ring (bicyclic) bond motifs is 1. The molecule has 0 aromatic heterocycles. The Morgan fingerprint density at radius 1 is 1.28 bits per heavy atom. The van der Waals surface area contributed by atoms with Crippen molar-refractivity contribution in [3.8, 4) is 5.75 Å². The number of nitrogens with two attached hydrogens (primary N) is 1. The van der Waals surface area contributed by atoms with Gasteiger partial charge in [0.2, 0.25) is 5.96 Å². The summed E-state index contributed by atoms with van der Waals surface area (Å²) >= 11 is 0. The van der Waals surface area contributed by atoms with Gasteiger partial charge in [-0.1, -0.05) is 18.7 Å². The van der Waals surface area contributed by atoms with E-state index < -0.39 is 33.7 Å². The summed E-state index contributed by atoms with van der Waals surface area (Å²) in [7, 11) is -4.07. The highest BCUT2D eigenvalue weighted by Crippen LogP contribution is 2.40. The van der Waals surface area contributed by atoms with Gasteiger partial charge in [-0.25, -0.2) is 22.7 Å². The average Bonchev–Trinajstić information content (AvgIpc) is 2.76. The molecule has 0 radical (unpaired) electrons. The van der Waals surface area contributed by atoms with Gasteiger partial charge in [-0.15, -0.1) is 0 Å². The number of ether oxygens (including phenoxy) is 2. The third kappa shape index (κ3) is 7.00. The fourth-order valence-electron chi connectivity index (χ4n) is 3.72. The number of nitrogens with one attached hydrogen (secondary N) is 2.